The van der Waals surface area contributed by atoms with Crippen molar-refractivity contribution in [1.82, 2.24) is 4.31 Å². The number of sulfonamides is 2. The van der Waals surface area contributed by atoms with E-state index >= 15 is 0 Å². The molecule has 0 unspecified atom stereocenters. The molecule has 8 nitrogen and oxygen atoms in total. The van der Waals surface area contributed by atoms with Crippen LogP contribution in [0.2, 0.25) is 0 Å². The number of amides is 1. The van der Waals surface area contributed by atoms with Crippen LogP contribution in [0.5, 0.6) is 0 Å². The topological polar surface area (TPSA) is 113 Å². The molecule has 0 aromatic heterocycles. The summed E-state index contributed by atoms with van der Waals surface area (Å²) in [4.78, 5) is 12.5. The first-order chi connectivity index (χ1) is 13.6. The number of carbonyl (C=O) groups is 1. The second-order valence-corrected chi connectivity index (χ2v) is 10.1. The maximum absolute atomic E-state index is 12.5. The Kier molecular flexibility index (Phi) is 7.39. The van der Waals surface area contributed by atoms with Crippen molar-refractivity contribution >= 4 is 37.3 Å². The molecule has 0 aliphatic carbocycles. The van der Waals surface area contributed by atoms with E-state index in [-0.39, 0.29) is 10.6 Å². The van der Waals surface area contributed by atoms with Gasteiger partial charge in [0.2, 0.25) is 20.0 Å². The molecule has 10 heteroatoms. The van der Waals surface area contributed by atoms with Gasteiger partial charge in [-0.15, -0.1) is 0 Å². The lowest BCUT2D eigenvalue weighted by atomic mass is 10.2. The average Bonchev–Trinajstić information content (AvgIpc) is 2.69. The summed E-state index contributed by atoms with van der Waals surface area (Å²) in [7, 11) is -6.94. The Morgan fingerprint density at radius 3 is 1.83 bits per heavy atom. The predicted octanol–water partition coefficient (Wildman–Crippen LogP) is 2.73. The van der Waals surface area contributed by atoms with E-state index in [1.54, 1.807) is 13.8 Å². The third-order valence-corrected chi connectivity index (χ3v) is 7.63. The van der Waals surface area contributed by atoms with Crippen molar-refractivity contribution in [1.29, 1.82) is 0 Å². The van der Waals surface area contributed by atoms with Gasteiger partial charge in [-0.3, -0.25) is 9.52 Å². The Bertz CT molecular complexity index is 1040. The van der Waals surface area contributed by atoms with Gasteiger partial charge >= 0.3 is 0 Å². The second-order valence-electron chi connectivity index (χ2n) is 6.15. The summed E-state index contributed by atoms with van der Waals surface area (Å²) in [5.74, 6) is -0.441. The third kappa shape index (κ3) is 5.78. The highest BCUT2D eigenvalue weighted by Crippen LogP contribution is 2.19. The largest absolute Gasteiger partial charge is 0.322 e. The zero-order valence-electron chi connectivity index (χ0n) is 16.5. The van der Waals surface area contributed by atoms with Crippen LogP contribution in [-0.4, -0.2) is 45.9 Å². The van der Waals surface area contributed by atoms with Crippen LogP contribution in [0, 0.1) is 0 Å². The standard InChI is InChI=1S/C19H25N3O5S2/c1-4-22(5-2)29(26,27)18-13-11-16(12-14-18)20-19(23)15-7-9-17(10-8-15)21-28(24,25)6-3/h7-14,21H,4-6H2,1-3H3,(H,20,23). The van der Waals surface area contributed by atoms with E-state index in [9.17, 15) is 21.6 Å². The van der Waals surface area contributed by atoms with Crippen molar-refractivity contribution in [3.05, 3.63) is 54.1 Å². The number of nitrogens with one attached hydrogen (secondary N) is 2. The van der Waals surface area contributed by atoms with Crippen LogP contribution < -0.4 is 10.0 Å². The normalized spacial score (nSPS) is 12.0. The lowest BCUT2D eigenvalue weighted by molar-refractivity contribution is 0.102. The maximum atomic E-state index is 12.5. The fourth-order valence-electron chi connectivity index (χ4n) is 2.57. The molecule has 2 rings (SSSR count). The summed E-state index contributed by atoms with van der Waals surface area (Å²) in [5.41, 5.74) is 1.16. The number of anilines is 2. The first-order valence-corrected chi connectivity index (χ1v) is 12.2. The molecule has 0 saturated carbocycles. The predicted molar refractivity (Wildman–Crippen MR) is 114 cm³/mol. The van der Waals surface area contributed by atoms with E-state index in [0.717, 1.165) is 0 Å². The molecule has 0 aliphatic rings. The Morgan fingerprint density at radius 1 is 0.828 bits per heavy atom. The molecule has 1 amide bonds. The minimum absolute atomic E-state index is 0.0464. The Morgan fingerprint density at radius 2 is 1.34 bits per heavy atom. The molecule has 2 N–H and O–H groups in total. The summed E-state index contributed by atoms with van der Waals surface area (Å²) in [5, 5.41) is 2.69. The summed E-state index contributed by atoms with van der Waals surface area (Å²) >= 11 is 0. The Balaban J connectivity index is 2.09. The van der Waals surface area contributed by atoms with Crippen molar-refractivity contribution in [2.24, 2.45) is 0 Å². The van der Waals surface area contributed by atoms with Gasteiger partial charge in [0.1, 0.15) is 0 Å². The Labute approximate surface area is 172 Å². The summed E-state index contributed by atoms with van der Waals surface area (Å²) in [6, 6.07) is 12.0. The summed E-state index contributed by atoms with van der Waals surface area (Å²) in [6.07, 6.45) is 0. The number of hydrogen-bond acceptors (Lipinski definition) is 5. The van der Waals surface area contributed by atoms with Crippen LogP contribution in [0.3, 0.4) is 0 Å². The summed E-state index contributed by atoms with van der Waals surface area (Å²) < 4.78 is 51.9. The lowest BCUT2D eigenvalue weighted by Crippen LogP contribution is -2.30. The van der Waals surface area contributed by atoms with Crippen LogP contribution >= 0.6 is 0 Å². The molecule has 0 heterocycles. The van der Waals surface area contributed by atoms with Crippen LogP contribution in [0.1, 0.15) is 31.1 Å². The van der Waals surface area contributed by atoms with Gasteiger partial charge in [0, 0.05) is 30.0 Å². The monoisotopic (exact) mass is 439 g/mol. The number of rotatable bonds is 9. The zero-order chi connectivity index (χ0) is 21.7. The molecule has 0 aliphatic heterocycles. The van der Waals surface area contributed by atoms with Crippen molar-refractivity contribution in [2.45, 2.75) is 25.7 Å². The van der Waals surface area contributed by atoms with Crippen molar-refractivity contribution in [2.75, 3.05) is 28.9 Å². The molecular weight excluding hydrogens is 414 g/mol. The van der Waals surface area contributed by atoms with Crippen molar-refractivity contribution < 1.29 is 21.6 Å². The third-order valence-electron chi connectivity index (χ3n) is 4.26. The maximum Gasteiger partial charge on any atom is 0.255 e. The van der Waals surface area contributed by atoms with E-state index in [2.05, 4.69) is 10.0 Å². The molecule has 0 bridgehead atoms. The molecule has 0 fully saturated rings. The first-order valence-electron chi connectivity index (χ1n) is 9.15. The average molecular weight is 440 g/mol. The number of nitrogens with zero attached hydrogens (tertiary/aromatic N) is 1. The molecular formula is C19H25N3O5S2. The highest BCUT2D eigenvalue weighted by Gasteiger charge is 2.21. The lowest BCUT2D eigenvalue weighted by Gasteiger charge is -2.18. The number of benzene rings is 2. The zero-order valence-corrected chi connectivity index (χ0v) is 18.2. The Hall–Kier alpha value is -2.43. The van der Waals surface area contributed by atoms with Crippen LogP contribution in [0.25, 0.3) is 0 Å². The van der Waals surface area contributed by atoms with Gasteiger partial charge in [-0.25, -0.2) is 16.8 Å². The molecule has 2 aromatic carbocycles. The molecule has 158 valence electrons. The second kappa shape index (κ2) is 9.38. The SMILES string of the molecule is CCN(CC)S(=O)(=O)c1ccc(NC(=O)c2ccc(NS(=O)(=O)CC)cc2)cc1. The number of hydrogen-bond donors (Lipinski definition) is 2. The molecule has 0 spiro atoms. The molecule has 0 saturated heterocycles. The van der Waals surface area contributed by atoms with E-state index in [1.165, 1.54) is 59.8 Å². The van der Waals surface area contributed by atoms with Gasteiger partial charge in [0.15, 0.2) is 0 Å². The minimum atomic E-state index is -3.56. The van der Waals surface area contributed by atoms with Crippen LogP contribution in [0.4, 0.5) is 11.4 Å². The highest BCUT2D eigenvalue weighted by atomic mass is 32.2. The van der Waals surface area contributed by atoms with E-state index in [1.807, 2.05) is 0 Å². The fourth-order valence-corrected chi connectivity index (χ4v) is 4.67. The van der Waals surface area contributed by atoms with Crippen LogP contribution in [-0.2, 0) is 20.0 Å². The quantitative estimate of drug-likeness (QED) is 0.624. The van der Waals surface area contributed by atoms with Gasteiger partial charge in [0.25, 0.3) is 5.91 Å². The van der Waals surface area contributed by atoms with E-state index in [4.69, 9.17) is 0 Å². The summed E-state index contributed by atoms with van der Waals surface area (Å²) in [6.45, 7) is 5.83. The van der Waals surface area contributed by atoms with Gasteiger partial charge in [0.05, 0.1) is 10.6 Å². The molecule has 0 atom stereocenters. The van der Waals surface area contributed by atoms with Gasteiger partial charge < -0.3 is 5.32 Å². The van der Waals surface area contributed by atoms with Crippen molar-refractivity contribution in [3.8, 4) is 0 Å². The van der Waals surface area contributed by atoms with Gasteiger partial charge in [-0.05, 0) is 55.5 Å². The number of carbonyl (C=O) groups excluding carboxylic acids is 1. The molecule has 29 heavy (non-hydrogen) atoms. The van der Waals surface area contributed by atoms with E-state index < -0.39 is 26.0 Å². The fraction of sp³-hybridized carbons (Fsp3) is 0.316. The first kappa shape index (κ1) is 22.9. The molecule has 0 radical (unpaired) electrons. The van der Waals surface area contributed by atoms with Gasteiger partial charge in [-0.1, -0.05) is 13.8 Å². The van der Waals surface area contributed by atoms with E-state index in [0.29, 0.717) is 30.0 Å². The van der Waals surface area contributed by atoms with Gasteiger partial charge in [-0.2, -0.15) is 4.31 Å². The minimum Gasteiger partial charge on any atom is -0.322 e. The van der Waals surface area contributed by atoms with Crippen LogP contribution in [0.15, 0.2) is 53.4 Å². The smallest absolute Gasteiger partial charge is 0.255 e. The molecule has 2 aromatic rings. The van der Waals surface area contributed by atoms with Crippen molar-refractivity contribution in [3.63, 3.8) is 0 Å². The highest BCUT2D eigenvalue weighted by molar-refractivity contribution is 7.92.